The van der Waals surface area contributed by atoms with Crippen LogP contribution in [0.3, 0.4) is 0 Å². The van der Waals surface area contributed by atoms with Crippen molar-refractivity contribution in [2.24, 2.45) is 0 Å². The molecule has 86 valence electrons. The molecule has 1 aromatic heterocycles. The Kier molecular flexibility index (Phi) is 4.74. The Hall–Kier alpha value is -1.09. The van der Waals surface area contributed by atoms with Crippen molar-refractivity contribution < 1.29 is 21.5 Å². The molecule has 1 aromatic carbocycles. The van der Waals surface area contributed by atoms with Crippen molar-refractivity contribution in [2.45, 2.75) is 26.4 Å². The average Bonchev–Trinajstić information content (AvgIpc) is 2.68. The third-order valence-corrected chi connectivity index (χ3v) is 2.52. The molecule has 0 aliphatic rings. The summed E-state index contributed by atoms with van der Waals surface area (Å²) in [6.07, 6.45) is 6.39. The van der Waals surface area contributed by atoms with Gasteiger partial charge in [-0.3, -0.25) is 0 Å². The van der Waals surface area contributed by atoms with E-state index in [0.29, 0.717) is 6.04 Å². The van der Waals surface area contributed by atoms with Gasteiger partial charge in [0.2, 0.25) is 6.33 Å². The molecule has 1 heterocycles. The molecule has 0 saturated heterocycles. The van der Waals surface area contributed by atoms with Crippen LogP contribution in [0.5, 0.6) is 0 Å². The summed E-state index contributed by atoms with van der Waals surface area (Å²) in [7, 11) is 0. The van der Waals surface area contributed by atoms with Crippen molar-refractivity contribution in [3.8, 4) is 0 Å². The Labute approximate surface area is 107 Å². The number of aromatic nitrogens is 2. The molecule has 0 bridgehead atoms. The molecule has 16 heavy (non-hydrogen) atoms. The first-order valence-electron chi connectivity index (χ1n) is 5.36. The summed E-state index contributed by atoms with van der Waals surface area (Å²) in [5.41, 5.74) is 1.34. The van der Waals surface area contributed by atoms with Gasteiger partial charge in [0, 0.05) is 0 Å². The summed E-state index contributed by atoms with van der Waals surface area (Å²) in [6, 6.07) is 11.0. The van der Waals surface area contributed by atoms with Gasteiger partial charge in [0.1, 0.15) is 18.9 Å². The highest BCUT2D eigenvalue weighted by molar-refractivity contribution is 5.13. The van der Waals surface area contributed by atoms with E-state index in [-0.39, 0.29) is 17.0 Å². The largest absolute Gasteiger partial charge is 1.00 e. The van der Waals surface area contributed by atoms with E-state index in [9.17, 15) is 0 Å². The third-order valence-electron chi connectivity index (χ3n) is 2.52. The van der Waals surface area contributed by atoms with E-state index in [1.807, 2.05) is 6.07 Å². The lowest BCUT2D eigenvalue weighted by Gasteiger charge is -1.98. The molecular weight excluding hydrogens is 264 g/mol. The molecule has 0 spiro atoms. The Morgan fingerprint density at radius 3 is 2.44 bits per heavy atom. The van der Waals surface area contributed by atoms with Crippen molar-refractivity contribution in [3.63, 3.8) is 0 Å². The van der Waals surface area contributed by atoms with Gasteiger partial charge in [0.15, 0.2) is 0 Å². The smallest absolute Gasteiger partial charge is 0.244 e. The maximum absolute atomic E-state index is 2.21. The average molecular weight is 281 g/mol. The zero-order valence-corrected chi connectivity index (χ0v) is 11.3. The number of hydrogen-bond donors (Lipinski definition) is 0. The number of benzene rings is 1. The second-order valence-electron chi connectivity index (χ2n) is 4.11. The number of imidazole rings is 1. The molecule has 3 heteroatoms. The summed E-state index contributed by atoms with van der Waals surface area (Å²) in [5.74, 6) is 0. The second-order valence-corrected chi connectivity index (χ2v) is 4.11. The molecular formula is C13H17BrN2. The first kappa shape index (κ1) is 13.0. The Morgan fingerprint density at radius 1 is 1.19 bits per heavy atom. The maximum atomic E-state index is 2.21. The van der Waals surface area contributed by atoms with Crippen LogP contribution in [-0.2, 0) is 6.54 Å². The zero-order chi connectivity index (χ0) is 10.7. The molecule has 0 aliphatic carbocycles. The summed E-state index contributed by atoms with van der Waals surface area (Å²) < 4.78 is 4.41. The molecule has 0 aliphatic heterocycles. The SMILES string of the molecule is CC(C)n1cc[n+](Cc2ccccc2)c1.[Br-]. The lowest BCUT2D eigenvalue weighted by Crippen LogP contribution is -3.00. The van der Waals surface area contributed by atoms with Gasteiger partial charge in [-0.1, -0.05) is 30.3 Å². The molecule has 2 rings (SSSR count). The van der Waals surface area contributed by atoms with Crippen LogP contribution < -0.4 is 21.5 Å². The standard InChI is InChI=1S/C13H17N2.BrH/c1-12(2)15-9-8-14(11-15)10-13-6-4-3-5-7-13;/h3-9,11-12H,10H2,1-2H3;1H/q+1;/p-1. The second kappa shape index (κ2) is 5.85. The minimum Gasteiger partial charge on any atom is -1.00 e. The van der Waals surface area contributed by atoms with Crippen LogP contribution in [0.1, 0.15) is 25.5 Å². The fraction of sp³-hybridized carbons (Fsp3) is 0.308. The van der Waals surface area contributed by atoms with E-state index in [1.54, 1.807) is 0 Å². The van der Waals surface area contributed by atoms with Gasteiger partial charge in [-0.25, -0.2) is 9.13 Å². The van der Waals surface area contributed by atoms with Gasteiger partial charge in [0.25, 0.3) is 0 Å². The van der Waals surface area contributed by atoms with E-state index in [1.165, 1.54) is 5.56 Å². The van der Waals surface area contributed by atoms with Crippen molar-refractivity contribution in [1.82, 2.24) is 4.57 Å². The number of halogens is 1. The molecule has 2 aromatic rings. The summed E-state index contributed by atoms with van der Waals surface area (Å²) in [5, 5.41) is 0. The van der Waals surface area contributed by atoms with E-state index in [4.69, 9.17) is 0 Å². The van der Waals surface area contributed by atoms with E-state index in [0.717, 1.165) is 6.54 Å². The van der Waals surface area contributed by atoms with Crippen molar-refractivity contribution in [3.05, 3.63) is 54.6 Å². The lowest BCUT2D eigenvalue weighted by atomic mass is 10.2. The molecule has 0 amide bonds. The van der Waals surface area contributed by atoms with Crippen LogP contribution >= 0.6 is 0 Å². The highest BCUT2D eigenvalue weighted by Crippen LogP contribution is 2.02. The number of nitrogens with zero attached hydrogens (tertiary/aromatic N) is 2. The van der Waals surface area contributed by atoms with Crippen LogP contribution in [0, 0.1) is 0 Å². The van der Waals surface area contributed by atoms with Gasteiger partial charge < -0.3 is 17.0 Å². The number of hydrogen-bond acceptors (Lipinski definition) is 0. The third kappa shape index (κ3) is 3.20. The molecule has 0 N–H and O–H groups in total. The van der Waals surface area contributed by atoms with Crippen LogP contribution in [0.25, 0.3) is 0 Å². The Bertz CT molecular complexity index is 421. The predicted molar refractivity (Wildman–Crippen MR) is 60.6 cm³/mol. The van der Waals surface area contributed by atoms with E-state index < -0.39 is 0 Å². The van der Waals surface area contributed by atoms with Gasteiger partial charge in [-0.05, 0) is 19.4 Å². The van der Waals surface area contributed by atoms with Crippen LogP contribution in [-0.4, -0.2) is 4.57 Å². The molecule has 0 saturated carbocycles. The van der Waals surface area contributed by atoms with Crippen molar-refractivity contribution in [2.75, 3.05) is 0 Å². The molecule has 0 atom stereocenters. The summed E-state index contributed by atoms with van der Waals surface area (Å²) in [6.45, 7) is 5.32. The molecule has 0 radical (unpaired) electrons. The van der Waals surface area contributed by atoms with E-state index >= 15 is 0 Å². The molecule has 0 unspecified atom stereocenters. The maximum Gasteiger partial charge on any atom is 0.244 e. The molecule has 2 nitrogen and oxygen atoms in total. The van der Waals surface area contributed by atoms with Crippen LogP contribution in [0.4, 0.5) is 0 Å². The van der Waals surface area contributed by atoms with Gasteiger partial charge in [-0.2, -0.15) is 0 Å². The highest BCUT2D eigenvalue weighted by Gasteiger charge is 2.06. The van der Waals surface area contributed by atoms with Crippen LogP contribution in [0.2, 0.25) is 0 Å². The fourth-order valence-corrected chi connectivity index (χ4v) is 1.60. The van der Waals surface area contributed by atoms with Crippen molar-refractivity contribution in [1.29, 1.82) is 0 Å². The van der Waals surface area contributed by atoms with E-state index in [2.05, 4.69) is 66.0 Å². The predicted octanol–water partition coefficient (Wildman–Crippen LogP) is -0.591. The zero-order valence-electron chi connectivity index (χ0n) is 9.68. The highest BCUT2D eigenvalue weighted by atomic mass is 79.9. The quantitative estimate of drug-likeness (QED) is 0.665. The van der Waals surface area contributed by atoms with Gasteiger partial charge in [-0.15, -0.1) is 0 Å². The minimum atomic E-state index is 0. The number of rotatable bonds is 3. The Morgan fingerprint density at radius 2 is 1.88 bits per heavy atom. The monoisotopic (exact) mass is 280 g/mol. The Balaban J connectivity index is 0.00000128. The lowest BCUT2D eigenvalue weighted by molar-refractivity contribution is -0.687. The summed E-state index contributed by atoms with van der Waals surface area (Å²) >= 11 is 0. The first-order valence-corrected chi connectivity index (χ1v) is 5.36. The van der Waals surface area contributed by atoms with Gasteiger partial charge in [0.05, 0.1) is 6.04 Å². The fourth-order valence-electron chi connectivity index (χ4n) is 1.60. The topological polar surface area (TPSA) is 8.81 Å². The van der Waals surface area contributed by atoms with Crippen LogP contribution in [0.15, 0.2) is 49.1 Å². The van der Waals surface area contributed by atoms with Gasteiger partial charge >= 0.3 is 0 Å². The van der Waals surface area contributed by atoms with Crippen molar-refractivity contribution >= 4 is 0 Å². The molecule has 0 fully saturated rings. The minimum absolute atomic E-state index is 0. The first-order chi connectivity index (χ1) is 7.25. The normalized spacial score (nSPS) is 10.2. The summed E-state index contributed by atoms with van der Waals surface area (Å²) in [4.78, 5) is 0.